The lowest BCUT2D eigenvalue weighted by Gasteiger charge is -2.09. The van der Waals surface area contributed by atoms with E-state index in [0.717, 1.165) is 6.07 Å². The fraction of sp³-hybridized carbons (Fsp3) is 0.273. The van der Waals surface area contributed by atoms with Gasteiger partial charge in [-0.2, -0.15) is 13.2 Å². The predicted molar refractivity (Wildman–Crippen MR) is 61.9 cm³/mol. The van der Waals surface area contributed by atoms with E-state index in [9.17, 15) is 23.1 Å². The molecular weight excluding hydrogens is 281 g/mol. The maximum absolute atomic E-state index is 12.4. The van der Waals surface area contributed by atoms with Gasteiger partial charge < -0.3 is 15.6 Å². The highest BCUT2D eigenvalue weighted by Gasteiger charge is 2.31. The topological polar surface area (TPSA) is 94.1 Å². The van der Waals surface area contributed by atoms with Crippen LogP contribution in [0.2, 0.25) is 0 Å². The van der Waals surface area contributed by atoms with E-state index in [1.54, 1.807) is 0 Å². The zero-order valence-corrected chi connectivity index (χ0v) is 10.3. The number of phenolic OH excluding ortho intramolecular Hbond substituents is 1. The molecule has 0 saturated carbocycles. The smallest absolute Gasteiger partial charge is 0.507 e. The molecule has 0 atom stereocenters. The van der Waals surface area contributed by atoms with E-state index in [-0.39, 0.29) is 12.2 Å². The molecule has 0 heterocycles. The second-order valence-corrected chi connectivity index (χ2v) is 3.48. The SMILES string of the molecule is CCOC(=O)O/N=C(\N)c1ccc(C(F)(F)F)cc1O. The third-order valence-electron chi connectivity index (χ3n) is 2.08. The molecule has 0 saturated heterocycles. The summed E-state index contributed by atoms with van der Waals surface area (Å²) in [7, 11) is 0. The van der Waals surface area contributed by atoms with Crippen molar-refractivity contribution in [2.45, 2.75) is 13.1 Å². The standard InChI is InChI=1S/C11H11F3N2O4/c1-2-19-10(18)20-16-9(15)7-4-3-6(5-8(7)17)11(12,13)14/h3-5,17H,2H2,1H3,(H2,15,16). The summed E-state index contributed by atoms with van der Waals surface area (Å²) in [4.78, 5) is 15.1. The van der Waals surface area contributed by atoms with Crippen molar-refractivity contribution in [3.05, 3.63) is 29.3 Å². The van der Waals surface area contributed by atoms with Crippen LogP contribution in [0.25, 0.3) is 0 Å². The zero-order chi connectivity index (χ0) is 15.3. The van der Waals surface area contributed by atoms with Crippen molar-refractivity contribution in [2.24, 2.45) is 10.9 Å². The number of nitrogens with two attached hydrogens (primary N) is 1. The number of alkyl halides is 3. The third-order valence-corrected chi connectivity index (χ3v) is 2.08. The fourth-order valence-corrected chi connectivity index (χ4v) is 1.20. The Balaban J connectivity index is 2.92. The number of carbonyl (C=O) groups is 1. The molecule has 0 aromatic heterocycles. The number of carbonyl (C=O) groups excluding carboxylic acids is 1. The summed E-state index contributed by atoms with van der Waals surface area (Å²) in [5.74, 6) is -1.21. The van der Waals surface area contributed by atoms with Gasteiger partial charge in [0.1, 0.15) is 5.75 Å². The summed E-state index contributed by atoms with van der Waals surface area (Å²) < 4.78 is 41.5. The number of aromatic hydroxyl groups is 1. The van der Waals surface area contributed by atoms with Crippen LogP contribution in [0.4, 0.5) is 18.0 Å². The van der Waals surface area contributed by atoms with Crippen molar-refractivity contribution in [1.29, 1.82) is 0 Å². The molecule has 0 aliphatic carbocycles. The van der Waals surface area contributed by atoms with E-state index in [4.69, 9.17) is 5.73 Å². The number of hydrogen-bond donors (Lipinski definition) is 2. The van der Waals surface area contributed by atoms with Gasteiger partial charge in [0, 0.05) is 0 Å². The summed E-state index contributed by atoms with van der Waals surface area (Å²) >= 11 is 0. The molecule has 1 aromatic rings. The van der Waals surface area contributed by atoms with Gasteiger partial charge in [-0.25, -0.2) is 4.79 Å². The first-order valence-electron chi connectivity index (χ1n) is 5.33. The van der Waals surface area contributed by atoms with Gasteiger partial charge in [-0.1, -0.05) is 5.16 Å². The summed E-state index contributed by atoms with van der Waals surface area (Å²) in [6.45, 7) is 1.59. The number of hydrogen-bond acceptors (Lipinski definition) is 5. The van der Waals surface area contributed by atoms with Gasteiger partial charge in [0.05, 0.1) is 17.7 Å². The Morgan fingerprint density at radius 2 is 2.10 bits per heavy atom. The Bertz CT molecular complexity index is 529. The van der Waals surface area contributed by atoms with Crippen LogP contribution < -0.4 is 5.73 Å². The second kappa shape index (κ2) is 6.13. The van der Waals surface area contributed by atoms with Crippen molar-refractivity contribution < 1.29 is 32.6 Å². The van der Waals surface area contributed by atoms with Crippen molar-refractivity contribution in [3.8, 4) is 5.75 Å². The molecule has 9 heteroatoms. The molecule has 0 aliphatic rings. The van der Waals surface area contributed by atoms with E-state index in [1.807, 2.05) is 0 Å². The van der Waals surface area contributed by atoms with E-state index in [0.29, 0.717) is 12.1 Å². The van der Waals surface area contributed by atoms with Gasteiger partial charge in [-0.3, -0.25) is 4.84 Å². The van der Waals surface area contributed by atoms with Crippen LogP contribution in [0.1, 0.15) is 18.1 Å². The van der Waals surface area contributed by atoms with Crippen LogP contribution in [0.5, 0.6) is 5.75 Å². The van der Waals surface area contributed by atoms with Crippen molar-refractivity contribution in [1.82, 2.24) is 0 Å². The molecule has 1 aromatic carbocycles. The molecule has 0 bridgehead atoms. The van der Waals surface area contributed by atoms with Gasteiger partial charge in [-0.05, 0) is 25.1 Å². The quantitative estimate of drug-likeness (QED) is 0.293. The number of halogens is 3. The number of nitrogens with zero attached hydrogens (tertiary/aromatic N) is 1. The van der Waals surface area contributed by atoms with Crippen molar-refractivity contribution in [2.75, 3.05) is 6.61 Å². The minimum absolute atomic E-state index is 0.0553. The summed E-state index contributed by atoms with van der Waals surface area (Å²) in [6, 6.07) is 2.11. The normalized spacial score (nSPS) is 12.1. The van der Waals surface area contributed by atoms with Gasteiger partial charge in [-0.15, -0.1) is 0 Å². The summed E-state index contributed by atoms with van der Waals surface area (Å²) in [5, 5.41) is 12.6. The maximum Gasteiger partial charge on any atom is 0.535 e. The molecule has 0 fully saturated rings. The van der Waals surface area contributed by atoms with E-state index >= 15 is 0 Å². The number of oxime groups is 1. The van der Waals surface area contributed by atoms with E-state index in [1.165, 1.54) is 6.92 Å². The largest absolute Gasteiger partial charge is 0.535 e. The molecule has 20 heavy (non-hydrogen) atoms. The first-order chi connectivity index (χ1) is 9.25. The lowest BCUT2D eigenvalue weighted by molar-refractivity contribution is -0.137. The van der Waals surface area contributed by atoms with Crippen molar-refractivity contribution in [3.63, 3.8) is 0 Å². The number of phenols is 1. The van der Waals surface area contributed by atoms with E-state index in [2.05, 4.69) is 14.7 Å². The molecule has 0 radical (unpaired) electrons. The minimum atomic E-state index is -4.59. The number of rotatable bonds is 3. The highest BCUT2D eigenvalue weighted by Crippen LogP contribution is 2.32. The summed E-state index contributed by atoms with van der Waals surface area (Å²) in [6.07, 6.45) is -5.72. The van der Waals surface area contributed by atoms with Crippen molar-refractivity contribution >= 4 is 12.0 Å². The highest BCUT2D eigenvalue weighted by atomic mass is 19.4. The number of amidine groups is 1. The minimum Gasteiger partial charge on any atom is -0.507 e. The number of benzene rings is 1. The Hall–Kier alpha value is -2.45. The molecular formula is C11H11F3N2O4. The molecule has 6 nitrogen and oxygen atoms in total. The first-order valence-corrected chi connectivity index (χ1v) is 5.33. The average Bonchev–Trinajstić information content (AvgIpc) is 2.35. The fourth-order valence-electron chi connectivity index (χ4n) is 1.20. The van der Waals surface area contributed by atoms with Gasteiger partial charge in [0.2, 0.25) is 0 Å². The molecule has 1 rings (SSSR count). The highest BCUT2D eigenvalue weighted by molar-refractivity contribution is 5.99. The second-order valence-electron chi connectivity index (χ2n) is 3.48. The van der Waals surface area contributed by atoms with Gasteiger partial charge in [0.25, 0.3) is 0 Å². The molecule has 0 amide bonds. The summed E-state index contributed by atoms with van der Waals surface area (Å²) in [5.41, 5.74) is 4.13. The van der Waals surface area contributed by atoms with Gasteiger partial charge in [0.15, 0.2) is 5.84 Å². The monoisotopic (exact) mass is 292 g/mol. The van der Waals surface area contributed by atoms with E-state index < -0.39 is 29.5 Å². The molecule has 0 spiro atoms. The van der Waals surface area contributed by atoms with Crippen LogP contribution in [0.3, 0.4) is 0 Å². The molecule has 0 unspecified atom stereocenters. The van der Waals surface area contributed by atoms with Crippen LogP contribution in [-0.4, -0.2) is 23.7 Å². The molecule has 0 aliphatic heterocycles. The lowest BCUT2D eigenvalue weighted by atomic mass is 10.1. The van der Waals surface area contributed by atoms with Crippen LogP contribution >= 0.6 is 0 Å². The molecule has 3 N–H and O–H groups in total. The Morgan fingerprint density at radius 1 is 1.45 bits per heavy atom. The Labute approximate surface area is 111 Å². The van der Waals surface area contributed by atoms with Crippen LogP contribution in [-0.2, 0) is 15.8 Å². The zero-order valence-electron chi connectivity index (χ0n) is 10.3. The lowest BCUT2D eigenvalue weighted by Crippen LogP contribution is -2.16. The Kier molecular flexibility index (Phi) is 4.78. The number of ether oxygens (including phenoxy) is 1. The van der Waals surface area contributed by atoms with Crippen LogP contribution in [0, 0.1) is 0 Å². The molecule has 110 valence electrons. The average molecular weight is 292 g/mol. The maximum atomic E-state index is 12.4. The third kappa shape index (κ3) is 4.04. The first kappa shape index (κ1) is 15.6. The Morgan fingerprint density at radius 3 is 2.60 bits per heavy atom. The predicted octanol–water partition coefficient (Wildman–Crippen LogP) is 2.20. The van der Waals surface area contributed by atoms with Gasteiger partial charge >= 0.3 is 12.3 Å². The van der Waals surface area contributed by atoms with Crippen LogP contribution in [0.15, 0.2) is 23.4 Å².